The maximum atomic E-state index is 12.2. The van der Waals surface area contributed by atoms with Crippen LogP contribution in [0.15, 0.2) is 18.3 Å². The lowest BCUT2D eigenvalue weighted by Crippen LogP contribution is -2.49. The van der Waals surface area contributed by atoms with E-state index >= 15 is 0 Å². The van der Waals surface area contributed by atoms with Gasteiger partial charge in [0.2, 0.25) is 5.91 Å². The van der Waals surface area contributed by atoms with Crippen molar-refractivity contribution in [1.29, 1.82) is 0 Å². The molecule has 2 heterocycles. The lowest BCUT2D eigenvalue weighted by atomic mass is 9.75. The van der Waals surface area contributed by atoms with Crippen molar-refractivity contribution in [2.45, 2.75) is 44.1 Å². The summed E-state index contributed by atoms with van der Waals surface area (Å²) in [6.07, 6.45) is 7.60. The van der Waals surface area contributed by atoms with E-state index in [0.717, 1.165) is 43.9 Å². The van der Waals surface area contributed by atoms with Crippen molar-refractivity contribution in [2.75, 3.05) is 23.3 Å². The number of nitrogens with one attached hydrogen (secondary N) is 1. The molecule has 0 atom stereocenters. The second kappa shape index (κ2) is 5.40. The van der Waals surface area contributed by atoms with Crippen LogP contribution in [-0.2, 0) is 4.79 Å². The molecule has 0 spiro atoms. The number of amides is 1. The number of nitrogens with zero attached hydrogens (tertiary/aromatic N) is 2. The summed E-state index contributed by atoms with van der Waals surface area (Å²) < 4.78 is 0. The van der Waals surface area contributed by atoms with Gasteiger partial charge in [0.15, 0.2) is 5.82 Å². The largest absolute Gasteiger partial charge is 0.355 e. The van der Waals surface area contributed by atoms with Crippen LogP contribution in [-0.4, -0.2) is 29.5 Å². The van der Waals surface area contributed by atoms with Gasteiger partial charge in [-0.05, 0) is 44.2 Å². The molecule has 20 heavy (non-hydrogen) atoms. The van der Waals surface area contributed by atoms with Crippen LogP contribution in [0.1, 0.15) is 38.5 Å². The van der Waals surface area contributed by atoms with Gasteiger partial charge in [0.25, 0.3) is 0 Å². The van der Waals surface area contributed by atoms with Crippen LogP contribution in [0, 0.1) is 0 Å². The van der Waals surface area contributed by atoms with Gasteiger partial charge in [-0.2, -0.15) is 0 Å². The van der Waals surface area contributed by atoms with Gasteiger partial charge in [0.1, 0.15) is 0 Å². The summed E-state index contributed by atoms with van der Waals surface area (Å²) in [7, 11) is 0. The number of aromatic nitrogens is 1. The van der Waals surface area contributed by atoms with Gasteiger partial charge in [-0.3, -0.25) is 4.79 Å². The Kier molecular flexibility index (Phi) is 3.61. The van der Waals surface area contributed by atoms with Crippen LogP contribution >= 0.6 is 0 Å². The fourth-order valence-electron chi connectivity index (χ4n) is 3.00. The van der Waals surface area contributed by atoms with Gasteiger partial charge in [-0.1, -0.05) is 0 Å². The summed E-state index contributed by atoms with van der Waals surface area (Å²) in [5.41, 5.74) is 6.66. The number of anilines is 2. The number of rotatable bonds is 4. The zero-order chi connectivity index (χ0) is 14.0. The Balaban J connectivity index is 1.68. The van der Waals surface area contributed by atoms with E-state index in [-0.39, 0.29) is 11.4 Å². The Labute approximate surface area is 119 Å². The second-order valence-corrected chi connectivity index (χ2v) is 6.01. The molecule has 1 aliphatic heterocycles. The predicted octanol–water partition coefficient (Wildman–Crippen LogP) is 1.89. The highest BCUT2D eigenvalue weighted by atomic mass is 16.1. The first-order valence-electron chi connectivity index (χ1n) is 7.45. The fraction of sp³-hybridized carbons (Fsp3) is 0.600. The normalized spacial score (nSPS) is 20.6. The lowest BCUT2D eigenvalue weighted by molar-refractivity contribution is -0.118. The minimum Gasteiger partial charge on any atom is -0.355 e. The average Bonchev–Trinajstić information content (AvgIpc) is 2.91. The Bertz CT molecular complexity index is 492. The summed E-state index contributed by atoms with van der Waals surface area (Å²) in [5.74, 6) is 0.888. The molecule has 0 bridgehead atoms. The third-order valence-corrected chi connectivity index (χ3v) is 4.33. The molecule has 5 nitrogen and oxygen atoms in total. The third-order valence-electron chi connectivity index (χ3n) is 4.33. The molecule has 1 aliphatic carbocycles. The van der Waals surface area contributed by atoms with Gasteiger partial charge < -0.3 is 16.0 Å². The second-order valence-electron chi connectivity index (χ2n) is 6.01. The first-order chi connectivity index (χ1) is 9.66. The molecule has 5 heteroatoms. The van der Waals surface area contributed by atoms with E-state index in [1.807, 2.05) is 12.1 Å². The molecule has 108 valence electrons. The minimum atomic E-state index is -0.278. The van der Waals surface area contributed by atoms with Crippen LogP contribution in [0.4, 0.5) is 11.5 Å². The average molecular weight is 274 g/mol. The van der Waals surface area contributed by atoms with Crippen molar-refractivity contribution in [3.63, 3.8) is 0 Å². The number of hydrogen-bond acceptors (Lipinski definition) is 4. The molecule has 2 aliphatic rings. The van der Waals surface area contributed by atoms with Crippen LogP contribution in [0.5, 0.6) is 0 Å². The zero-order valence-corrected chi connectivity index (χ0v) is 11.8. The summed E-state index contributed by atoms with van der Waals surface area (Å²) in [6.45, 7) is 2.03. The topological polar surface area (TPSA) is 71.2 Å². The molecule has 0 radical (unpaired) electrons. The SMILES string of the molecule is NC1(CC(=O)Nc2cccnc2N2CCCC2)CCC1. The molecule has 3 N–H and O–H groups in total. The molecule has 0 aromatic carbocycles. The standard InChI is InChI=1S/C15H22N4O/c16-15(6-4-7-15)11-13(20)18-12-5-3-8-17-14(12)19-9-1-2-10-19/h3,5,8H,1-2,4,6-7,9-11,16H2,(H,18,20). The molecule has 3 rings (SSSR count). The lowest BCUT2D eigenvalue weighted by Gasteiger charge is -2.37. The van der Waals surface area contributed by atoms with Crippen molar-refractivity contribution >= 4 is 17.4 Å². The monoisotopic (exact) mass is 274 g/mol. The quantitative estimate of drug-likeness (QED) is 0.879. The highest BCUT2D eigenvalue weighted by Crippen LogP contribution is 2.33. The smallest absolute Gasteiger partial charge is 0.226 e. The van der Waals surface area contributed by atoms with E-state index in [4.69, 9.17) is 5.73 Å². The third kappa shape index (κ3) is 2.77. The Hall–Kier alpha value is -1.62. The summed E-state index contributed by atoms with van der Waals surface area (Å²) in [5, 5.41) is 2.99. The highest BCUT2D eigenvalue weighted by molar-refractivity contribution is 5.94. The van der Waals surface area contributed by atoms with E-state index < -0.39 is 0 Å². The predicted molar refractivity (Wildman–Crippen MR) is 79.7 cm³/mol. The molecule has 0 unspecified atom stereocenters. The zero-order valence-electron chi connectivity index (χ0n) is 11.8. The van der Waals surface area contributed by atoms with Gasteiger partial charge in [0.05, 0.1) is 5.69 Å². The van der Waals surface area contributed by atoms with E-state index in [2.05, 4.69) is 15.2 Å². The van der Waals surface area contributed by atoms with Crippen molar-refractivity contribution in [3.05, 3.63) is 18.3 Å². The Morgan fingerprint density at radius 2 is 2.10 bits per heavy atom. The molecule has 2 fully saturated rings. The molecular formula is C15H22N4O. The van der Waals surface area contributed by atoms with Crippen LogP contribution in [0.3, 0.4) is 0 Å². The van der Waals surface area contributed by atoms with Gasteiger partial charge >= 0.3 is 0 Å². The fourth-order valence-corrected chi connectivity index (χ4v) is 3.00. The van der Waals surface area contributed by atoms with E-state index in [1.165, 1.54) is 12.8 Å². The maximum absolute atomic E-state index is 12.2. The van der Waals surface area contributed by atoms with E-state index in [9.17, 15) is 4.79 Å². The van der Waals surface area contributed by atoms with Gasteiger partial charge in [-0.25, -0.2) is 4.98 Å². The molecule has 1 saturated carbocycles. The number of carbonyl (C=O) groups is 1. The van der Waals surface area contributed by atoms with Crippen LogP contribution in [0.2, 0.25) is 0 Å². The summed E-state index contributed by atoms with van der Waals surface area (Å²) >= 11 is 0. The number of nitrogens with two attached hydrogens (primary N) is 1. The number of hydrogen-bond donors (Lipinski definition) is 2. The van der Waals surface area contributed by atoms with Crippen molar-refractivity contribution < 1.29 is 4.79 Å². The van der Waals surface area contributed by atoms with E-state index in [0.29, 0.717) is 6.42 Å². The van der Waals surface area contributed by atoms with E-state index in [1.54, 1.807) is 6.20 Å². The Morgan fingerprint density at radius 1 is 1.35 bits per heavy atom. The summed E-state index contributed by atoms with van der Waals surface area (Å²) in [6, 6.07) is 3.78. The Morgan fingerprint density at radius 3 is 2.75 bits per heavy atom. The first-order valence-corrected chi connectivity index (χ1v) is 7.45. The minimum absolute atomic E-state index is 0.000599. The molecule has 1 aromatic heterocycles. The van der Waals surface area contributed by atoms with Crippen LogP contribution in [0.25, 0.3) is 0 Å². The van der Waals surface area contributed by atoms with Crippen molar-refractivity contribution in [2.24, 2.45) is 5.73 Å². The number of pyridine rings is 1. The summed E-state index contributed by atoms with van der Waals surface area (Å²) in [4.78, 5) is 18.8. The molecule has 1 aromatic rings. The van der Waals surface area contributed by atoms with Crippen LogP contribution < -0.4 is 16.0 Å². The highest BCUT2D eigenvalue weighted by Gasteiger charge is 2.34. The molecular weight excluding hydrogens is 252 g/mol. The molecule has 1 amide bonds. The van der Waals surface area contributed by atoms with Gasteiger partial charge in [0, 0.05) is 31.2 Å². The van der Waals surface area contributed by atoms with Crippen molar-refractivity contribution in [1.82, 2.24) is 4.98 Å². The molecule has 1 saturated heterocycles. The first kappa shape index (κ1) is 13.4. The number of carbonyl (C=O) groups excluding carboxylic acids is 1. The van der Waals surface area contributed by atoms with Crippen molar-refractivity contribution in [3.8, 4) is 0 Å². The van der Waals surface area contributed by atoms with Gasteiger partial charge in [-0.15, -0.1) is 0 Å². The maximum Gasteiger partial charge on any atom is 0.226 e.